The lowest BCUT2D eigenvalue weighted by Gasteiger charge is -2.30. The van der Waals surface area contributed by atoms with Gasteiger partial charge >= 0.3 is 5.97 Å². The van der Waals surface area contributed by atoms with Gasteiger partial charge in [-0.05, 0) is 32.7 Å². The average Bonchev–Trinajstić information content (AvgIpc) is 2.74. The number of amides is 1. The van der Waals surface area contributed by atoms with Crippen LogP contribution in [0.5, 0.6) is 0 Å². The number of carboxylic acids is 1. The van der Waals surface area contributed by atoms with Crippen molar-refractivity contribution in [2.24, 2.45) is 0 Å². The standard InChI is InChI=1S/C13H24N2O4/c1-3-5-13(6-4-7-15-13)11(18)14-9-12(2,19)8-10(16)17/h15,19H,3-9H2,1-2H3,(H,14,18)(H,16,17). The predicted octanol–water partition coefficient (Wildman–Crippen LogP) is 0.251. The van der Waals surface area contributed by atoms with Gasteiger partial charge in [-0.25, -0.2) is 0 Å². The van der Waals surface area contributed by atoms with Gasteiger partial charge < -0.3 is 20.8 Å². The van der Waals surface area contributed by atoms with Crippen LogP contribution in [-0.4, -0.2) is 46.3 Å². The van der Waals surface area contributed by atoms with Crippen LogP contribution >= 0.6 is 0 Å². The van der Waals surface area contributed by atoms with Crippen molar-refractivity contribution in [3.63, 3.8) is 0 Å². The molecule has 4 N–H and O–H groups in total. The minimum Gasteiger partial charge on any atom is -0.481 e. The first kappa shape index (κ1) is 15.9. The highest BCUT2D eigenvalue weighted by atomic mass is 16.4. The number of aliphatic hydroxyl groups is 1. The molecule has 0 bridgehead atoms. The zero-order valence-corrected chi connectivity index (χ0v) is 11.7. The third-order valence-corrected chi connectivity index (χ3v) is 3.52. The van der Waals surface area contributed by atoms with Crippen LogP contribution in [0.15, 0.2) is 0 Å². The van der Waals surface area contributed by atoms with Crippen molar-refractivity contribution in [3.05, 3.63) is 0 Å². The third-order valence-electron chi connectivity index (χ3n) is 3.52. The van der Waals surface area contributed by atoms with Gasteiger partial charge in [0.25, 0.3) is 0 Å². The van der Waals surface area contributed by atoms with Crippen molar-refractivity contribution in [2.45, 2.75) is 57.1 Å². The Morgan fingerprint density at radius 1 is 1.47 bits per heavy atom. The Morgan fingerprint density at radius 2 is 2.16 bits per heavy atom. The Kier molecular flexibility index (Phi) is 5.31. The molecule has 6 nitrogen and oxygen atoms in total. The second kappa shape index (κ2) is 6.34. The summed E-state index contributed by atoms with van der Waals surface area (Å²) in [6, 6.07) is 0. The molecule has 2 atom stereocenters. The first-order valence-corrected chi connectivity index (χ1v) is 6.79. The van der Waals surface area contributed by atoms with Crippen molar-refractivity contribution >= 4 is 11.9 Å². The van der Waals surface area contributed by atoms with E-state index in [9.17, 15) is 14.7 Å². The predicted molar refractivity (Wildman–Crippen MR) is 70.8 cm³/mol. The SMILES string of the molecule is CCCC1(C(=O)NCC(C)(O)CC(=O)O)CCCN1. The van der Waals surface area contributed by atoms with Crippen molar-refractivity contribution in [3.8, 4) is 0 Å². The summed E-state index contributed by atoms with van der Waals surface area (Å²) in [5.41, 5.74) is -1.97. The summed E-state index contributed by atoms with van der Waals surface area (Å²) in [6.45, 7) is 4.20. The van der Waals surface area contributed by atoms with E-state index < -0.39 is 17.1 Å². The van der Waals surface area contributed by atoms with E-state index >= 15 is 0 Å². The molecule has 2 unspecified atom stereocenters. The molecular formula is C13H24N2O4. The van der Waals surface area contributed by atoms with Crippen LogP contribution in [0.25, 0.3) is 0 Å². The zero-order valence-electron chi connectivity index (χ0n) is 11.7. The summed E-state index contributed by atoms with van der Waals surface area (Å²) in [5.74, 6) is -1.22. The van der Waals surface area contributed by atoms with E-state index in [1.165, 1.54) is 6.92 Å². The molecule has 0 aromatic heterocycles. The molecule has 1 amide bonds. The Hall–Kier alpha value is -1.14. The molecule has 0 radical (unpaired) electrons. The van der Waals surface area contributed by atoms with Crippen LogP contribution in [-0.2, 0) is 9.59 Å². The second-order valence-corrected chi connectivity index (χ2v) is 5.61. The molecule has 19 heavy (non-hydrogen) atoms. The van der Waals surface area contributed by atoms with E-state index in [4.69, 9.17) is 5.11 Å². The molecule has 0 aliphatic carbocycles. The molecule has 0 aromatic carbocycles. The monoisotopic (exact) mass is 272 g/mol. The van der Waals surface area contributed by atoms with Crippen LogP contribution in [0, 0.1) is 0 Å². The number of aliphatic carboxylic acids is 1. The highest BCUT2D eigenvalue weighted by Crippen LogP contribution is 2.25. The maximum Gasteiger partial charge on any atom is 0.306 e. The van der Waals surface area contributed by atoms with Crippen LogP contribution < -0.4 is 10.6 Å². The number of nitrogens with one attached hydrogen (secondary N) is 2. The van der Waals surface area contributed by atoms with Crippen molar-refractivity contribution in [1.82, 2.24) is 10.6 Å². The molecular weight excluding hydrogens is 248 g/mol. The fraction of sp³-hybridized carbons (Fsp3) is 0.846. The minimum absolute atomic E-state index is 0.0503. The Labute approximate surface area is 113 Å². The topological polar surface area (TPSA) is 98.7 Å². The smallest absolute Gasteiger partial charge is 0.306 e. The second-order valence-electron chi connectivity index (χ2n) is 5.61. The average molecular weight is 272 g/mol. The maximum atomic E-state index is 12.3. The fourth-order valence-electron chi connectivity index (χ4n) is 2.58. The van der Waals surface area contributed by atoms with E-state index in [2.05, 4.69) is 10.6 Å². The van der Waals surface area contributed by atoms with Gasteiger partial charge in [-0.15, -0.1) is 0 Å². The summed E-state index contributed by atoms with van der Waals surface area (Å²) in [4.78, 5) is 22.9. The normalized spacial score (nSPS) is 25.8. The highest BCUT2D eigenvalue weighted by molar-refractivity contribution is 5.86. The van der Waals surface area contributed by atoms with Crippen molar-refractivity contribution < 1.29 is 19.8 Å². The molecule has 1 saturated heterocycles. The molecule has 1 heterocycles. The van der Waals surface area contributed by atoms with Gasteiger partial charge in [0.1, 0.15) is 0 Å². The summed E-state index contributed by atoms with van der Waals surface area (Å²) in [7, 11) is 0. The highest BCUT2D eigenvalue weighted by Gasteiger charge is 2.40. The summed E-state index contributed by atoms with van der Waals surface area (Å²) in [6.07, 6.45) is 3.00. The van der Waals surface area contributed by atoms with Gasteiger partial charge in [0.15, 0.2) is 0 Å². The van der Waals surface area contributed by atoms with E-state index in [0.717, 1.165) is 32.2 Å². The number of carboxylic acid groups (broad SMARTS) is 1. The van der Waals surface area contributed by atoms with Crippen LogP contribution in [0.1, 0.15) is 46.0 Å². The van der Waals surface area contributed by atoms with Gasteiger partial charge in [0.05, 0.1) is 17.6 Å². The Balaban J connectivity index is 2.56. The number of carbonyl (C=O) groups excluding carboxylic acids is 1. The maximum absolute atomic E-state index is 12.3. The van der Waals surface area contributed by atoms with E-state index in [1.54, 1.807) is 0 Å². The molecule has 110 valence electrons. The van der Waals surface area contributed by atoms with Gasteiger partial charge in [0, 0.05) is 6.54 Å². The van der Waals surface area contributed by atoms with Crippen LogP contribution in [0.3, 0.4) is 0 Å². The number of hydrogen-bond donors (Lipinski definition) is 4. The van der Waals surface area contributed by atoms with Crippen LogP contribution in [0.2, 0.25) is 0 Å². The molecule has 0 saturated carbocycles. The van der Waals surface area contributed by atoms with Crippen molar-refractivity contribution in [2.75, 3.05) is 13.1 Å². The van der Waals surface area contributed by atoms with E-state index in [-0.39, 0.29) is 18.9 Å². The van der Waals surface area contributed by atoms with Gasteiger partial charge in [0.2, 0.25) is 5.91 Å². The van der Waals surface area contributed by atoms with Crippen LogP contribution in [0.4, 0.5) is 0 Å². The molecule has 0 spiro atoms. The first-order valence-electron chi connectivity index (χ1n) is 6.79. The lowest BCUT2D eigenvalue weighted by atomic mass is 9.90. The van der Waals surface area contributed by atoms with Gasteiger partial charge in [-0.1, -0.05) is 13.3 Å². The largest absolute Gasteiger partial charge is 0.481 e. The Bertz CT molecular complexity index is 336. The molecule has 1 aliphatic rings. The quantitative estimate of drug-likeness (QED) is 0.532. The molecule has 0 aromatic rings. The van der Waals surface area contributed by atoms with Gasteiger partial charge in [-0.2, -0.15) is 0 Å². The lowest BCUT2D eigenvalue weighted by Crippen LogP contribution is -2.56. The zero-order chi connectivity index (χ0) is 14.5. The third kappa shape index (κ3) is 4.47. The molecule has 1 fully saturated rings. The van der Waals surface area contributed by atoms with E-state index in [0.29, 0.717) is 0 Å². The van der Waals surface area contributed by atoms with Gasteiger partial charge in [-0.3, -0.25) is 9.59 Å². The van der Waals surface area contributed by atoms with Crippen molar-refractivity contribution in [1.29, 1.82) is 0 Å². The Morgan fingerprint density at radius 3 is 2.63 bits per heavy atom. The fourth-order valence-corrected chi connectivity index (χ4v) is 2.58. The summed E-state index contributed by atoms with van der Waals surface area (Å²) >= 11 is 0. The number of hydrogen-bond acceptors (Lipinski definition) is 4. The molecule has 1 rings (SSSR count). The van der Waals surface area contributed by atoms with E-state index in [1.807, 2.05) is 6.92 Å². The number of rotatable bonds is 7. The number of carbonyl (C=O) groups is 2. The summed E-state index contributed by atoms with van der Waals surface area (Å²) in [5, 5.41) is 24.5. The minimum atomic E-state index is -1.42. The molecule has 1 aliphatic heterocycles. The summed E-state index contributed by atoms with van der Waals surface area (Å²) < 4.78 is 0. The lowest BCUT2D eigenvalue weighted by molar-refractivity contribution is -0.142. The first-order chi connectivity index (χ1) is 8.81. The molecule has 6 heteroatoms.